The van der Waals surface area contributed by atoms with Gasteiger partial charge in [-0.25, -0.2) is 14.2 Å². The second-order valence-corrected chi connectivity index (χ2v) is 4.02. The van der Waals surface area contributed by atoms with Crippen molar-refractivity contribution in [3.05, 3.63) is 28.8 Å². The molecule has 0 unspecified atom stereocenters. The Morgan fingerprint density at radius 1 is 1.65 bits per heavy atom. The van der Waals surface area contributed by atoms with Crippen LogP contribution in [0.2, 0.25) is 5.15 Å². The Bertz CT molecular complexity index is 461. The average molecular weight is 259 g/mol. The van der Waals surface area contributed by atoms with E-state index in [1.54, 1.807) is 0 Å². The van der Waals surface area contributed by atoms with E-state index in [0.717, 1.165) is 6.08 Å². The summed E-state index contributed by atoms with van der Waals surface area (Å²) in [6.45, 7) is 3.66. The molecule has 0 aromatic carbocycles. The van der Waals surface area contributed by atoms with Gasteiger partial charge in [0, 0.05) is 23.9 Å². The second-order valence-electron chi connectivity index (χ2n) is 3.66. The standard InChI is InChI=1S/C11H12ClFN2O2/c1-6(2)15-10-7(3-4-8(16)17)5-14-11(12)9(10)13/h3-6H,1-2H3,(H,14,15)(H,16,17)/b4-3+. The van der Waals surface area contributed by atoms with Gasteiger partial charge in [0.15, 0.2) is 11.0 Å². The maximum Gasteiger partial charge on any atom is 0.328 e. The summed E-state index contributed by atoms with van der Waals surface area (Å²) >= 11 is 5.57. The van der Waals surface area contributed by atoms with E-state index in [1.165, 1.54) is 12.3 Å². The zero-order valence-electron chi connectivity index (χ0n) is 9.37. The van der Waals surface area contributed by atoms with Gasteiger partial charge in [-0.05, 0) is 19.9 Å². The fourth-order valence-electron chi connectivity index (χ4n) is 1.20. The Morgan fingerprint density at radius 2 is 2.29 bits per heavy atom. The van der Waals surface area contributed by atoms with Gasteiger partial charge in [-0.2, -0.15) is 0 Å². The van der Waals surface area contributed by atoms with Crippen molar-refractivity contribution in [1.29, 1.82) is 0 Å². The van der Waals surface area contributed by atoms with E-state index in [4.69, 9.17) is 16.7 Å². The van der Waals surface area contributed by atoms with E-state index in [0.29, 0.717) is 5.56 Å². The highest BCUT2D eigenvalue weighted by molar-refractivity contribution is 6.29. The molecular weight excluding hydrogens is 247 g/mol. The van der Waals surface area contributed by atoms with E-state index in [1.807, 2.05) is 13.8 Å². The fraction of sp³-hybridized carbons (Fsp3) is 0.273. The number of hydrogen-bond acceptors (Lipinski definition) is 3. The van der Waals surface area contributed by atoms with Crippen molar-refractivity contribution in [1.82, 2.24) is 4.98 Å². The maximum atomic E-state index is 13.7. The molecule has 0 fully saturated rings. The predicted molar refractivity (Wildman–Crippen MR) is 64.6 cm³/mol. The molecule has 0 radical (unpaired) electrons. The van der Waals surface area contributed by atoms with Crippen LogP contribution < -0.4 is 5.32 Å². The van der Waals surface area contributed by atoms with Crippen LogP contribution >= 0.6 is 11.6 Å². The third-order valence-electron chi connectivity index (χ3n) is 1.84. The predicted octanol–water partition coefficient (Wildman–Crippen LogP) is 2.79. The van der Waals surface area contributed by atoms with Crippen LogP contribution in [0.3, 0.4) is 0 Å². The Balaban J connectivity index is 3.20. The molecule has 0 bridgehead atoms. The lowest BCUT2D eigenvalue weighted by atomic mass is 10.2. The molecule has 4 nitrogen and oxygen atoms in total. The Hall–Kier alpha value is -1.62. The van der Waals surface area contributed by atoms with Gasteiger partial charge < -0.3 is 10.4 Å². The molecule has 1 rings (SSSR count). The molecule has 0 atom stereocenters. The molecule has 92 valence electrons. The molecule has 0 amide bonds. The van der Waals surface area contributed by atoms with Gasteiger partial charge in [0.25, 0.3) is 0 Å². The van der Waals surface area contributed by atoms with Crippen molar-refractivity contribution in [2.45, 2.75) is 19.9 Å². The highest BCUT2D eigenvalue weighted by atomic mass is 35.5. The zero-order valence-corrected chi connectivity index (χ0v) is 10.1. The van der Waals surface area contributed by atoms with Crippen LogP contribution in [0.25, 0.3) is 6.08 Å². The first-order chi connectivity index (χ1) is 7.91. The minimum absolute atomic E-state index is 0.0139. The molecule has 2 N–H and O–H groups in total. The molecule has 1 aromatic rings. The number of rotatable bonds is 4. The monoisotopic (exact) mass is 258 g/mol. The third kappa shape index (κ3) is 3.71. The van der Waals surface area contributed by atoms with Crippen LogP contribution in [0, 0.1) is 5.82 Å². The van der Waals surface area contributed by atoms with Gasteiger partial charge in [0.2, 0.25) is 0 Å². The smallest absolute Gasteiger partial charge is 0.328 e. The molecule has 0 saturated carbocycles. The molecule has 1 heterocycles. The lowest BCUT2D eigenvalue weighted by Crippen LogP contribution is -2.13. The molecule has 17 heavy (non-hydrogen) atoms. The molecule has 6 heteroatoms. The number of carboxylic acids is 1. The van der Waals surface area contributed by atoms with Crippen LogP contribution in [-0.2, 0) is 4.79 Å². The number of pyridine rings is 1. The Morgan fingerprint density at radius 3 is 2.82 bits per heavy atom. The number of carbonyl (C=O) groups is 1. The summed E-state index contributed by atoms with van der Waals surface area (Å²) in [4.78, 5) is 14.0. The second kappa shape index (κ2) is 5.63. The summed E-state index contributed by atoms with van der Waals surface area (Å²) in [6.07, 6.45) is 3.49. The van der Waals surface area contributed by atoms with E-state index >= 15 is 0 Å². The molecule has 0 saturated heterocycles. The summed E-state index contributed by atoms with van der Waals surface area (Å²) in [5, 5.41) is 11.1. The van der Waals surface area contributed by atoms with E-state index < -0.39 is 11.8 Å². The number of halogens is 2. The lowest BCUT2D eigenvalue weighted by molar-refractivity contribution is -0.131. The third-order valence-corrected chi connectivity index (χ3v) is 2.11. The first kappa shape index (κ1) is 13.4. The molecular formula is C11H12ClFN2O2. The van der Waals surface area contributed by atoms with E-state index in [-0.39, 0.29) is 16.9 Å². The maximum absolute atomic E-state index is 13.7. The normalized spacial score (nSPS) is 11.1. The Labute approximate surface area is 103 Å². The zero-order chi connectivity index (χ0) is 13.0. The molecule has 0 spiro atoms. The first-order valence-corrected chi connectivity index (χ1v) is 5.31. The van der Waals surface area contributed by atoms with Crippen molar-refractivity contribution >= 4 is 29.3 Å². The number of carboxylic acid groups (broad SMARTS) is 1. The van der Waals surface area contributed by atoms with Gasteiger partial charge in [-0.3, -0.25) is 0 Å². The highest BCUT2D eigenvalue weighted by Gasteiger charge is 2.13. The summed E-state index contributed by atoms with van der Waals surface area (Å²) in [5.74, 6) is -1.80. The highest BCUT2D eigenvalue weighted by Crippen LogP contribution is 2.26. The fourth-order valence-corrected chi connectivity index (χ4v) is 1.34. The van der Waals surface area contributed by atoms with Crippen molar-refractivity contribution in [2.75, 3.05) is 5.32 Å². The minimum atomic E-state index is -1.11. The van der Waals surface area contributed by atoms with Gasteiger partial charge in [-0.15, -0.1) is 0 Å². The van der Waals surface area contributed by atoms with Crippen molar-refractivity contribution in [3.8, 4) is 0 Å². The summed E-state index contributed by atoms with van der Waals surface area (Å²) < 4.78 is 13.7. The quantitative estimate of drug-likeness (QED) is 0.644. The molecule has 0 aliphatic rings. The molecule has 0 aliphatic carbocycles. The average Bonchev–Trinajstić information content (AvgIpc) is 2.23. The number of hydrogen-bond donors (Lipinski definition) is 2. The number of nitrogens with one attached hydrogen (secondary N) is 1. The van der Waals surface area contributed by atoms with Crippen molar-refractivity contribution in [3.63, 3.8) is 0 Å². The van der Waals surface area contributed by atoms with Crippen LogP contribution in [0.4, 0.5) is 10.1 Å². The number of aromatic nitrogens is 1. The summed E-state index contributed by atoms with van der Waals surface area (Å²) in [7, 11) is 0. The van der Waals surface area contributed by atoms with Crippen LogP contribution in [0.15, 0.2) is 12.3 Å². The summed E-state index contributed by atoms with van der Waals surface area (Å²) in [5.41, 5.74) is 0.487. The SMILES string of the molecule is CC(C)Nc1c(/C=C/C(=O)O)cnc(Cl)c1F. The van der Waals surface area contributed by atoms with E-state index in [2.05, 4.69) is 10.3 Å². The lowest BCUT2D eigenvalue weighted by Gasteiger charge is -2.14. The van der Waals surface area contributed by atoms with Gasteiger partial charge in [0.05, 0.1) is 5.69 Å². The number of aliphatic carboxylic acids is 1. The van der Waals surface area contributed by atoms with Gasteiger partial charge >= 0.3 is 5.97 Å². The topological polar surface area (TPSA) is 62.2 Å². The van der Waals surface area contributed by atoms with Crippen molar-refractivity contribution < 1.29 is 14.3 Å². The van der Waals surface area contributed by atoms with Crippen LogP contribution in [-0.4, -0.2) is 22.1 Å². The van der Waals surface area contributed by atoms with E-state index in [9.17, 15) is 9.18 Å². The Kier molecular flexibility index (Phi) is 4.45. The van der Waals surface area contributed by atoms with Crippen LogP contribution in [0.1, 0.15) is 19.4 Å². The summed E-state index contributed by atoms with van der Waals surface area (Å²) in [6, 6.07) is -0.0139. The van der Waals surface area contributed by atoms with Gasteiger partial charge in [0.1, 0.15) is 0 Å². The van der Waals surface area contributed by atoms with Gasteiger partial charge in [-0.1, -0.05) is 11.6 Å². The number of nitrogens with zero attached hydrogens (tertiary/aromatic N) is 1. The molecule has 0 aliphatic heterocycles. The van der Waals surface area contributed by atoms with Crippen LogP contribution in [0.5, 0.6) is 0 Å². The number of anilines is 1. The van der Waals surface area contributed by atoms with Crippen molar-refractivity contribution in [2.24, 2.45) is 0 Å². The molecule has 1 aromatic heterocycles. The largest absolute Gasteiger partial charge is 0.478 e. The minimum Gasteiger partial charge on any atom is -0.478 e. The first-order valence-electron chi connectivity index (χ1n) is 4.93.